The number of halogens is 4. The summed E-state index contributed by atoms with van der Waals surface area (Å²) in [5.41, 5.74) is 1.53. The molecule has 38 heavy (non-hydrogen) atoms. The molecule has 6 nitrogen and oxygen atoms in total. The van der Waals surface area contributed by atoms with E-state index >= 15 is 0 Å². The number of hydrogen-bond donors (Lipinski definition) is 0. The van der Waals surface area contributed by atoms with Gasteiger partial charge in [-0.25, -0.2) is 4.98 Å². The third-order valence-electron chi connectivity index (χ3n) is 5.52. The van der Waals surface area contributed by atoms with Crippen molar-refractivity contribution in [3.63, 3.8) is 0 Å². The molecule has 0 bridgehead atoms. The fraction of sp³-hybridized carbons (Fsp3) is 0.250. The van der Waals surface area contributed by atoms with Crippen LogP contribution in [-0.2, 0) is 12.0 Å². The normalized spacial score (nSPS) is 11.9. The van der Waals surface area contributed by atoms with E-state index in [2.05, 4.69) is 43.6 Å². The van der Waals surface area contributed by atoms with E-state index < -0.39 is 5.41 Å². The van der Waals surface area contributed by atoms with Crippen molar-refractivity contribution < 1.29 is 9.47 Å². The van der Waals surface area contributed by atoms with E-state index in [0.717, 1.165) is 19.2 Å². The molecule has 1 aromatic heterocycles. The second-order valence-electron chi connectivity index (χ2n) is 9.50. The van der Waals surface area contributed by atoms with Crippen molar-refractivity contribution in [2.45, 2.75) is 39.7 Å². The molecule has 0 fully saturated rings. The fourth-order valence-corrected chi connectivity index (χ4v) is 5.33. The molecule has 0 atom stereocenters. The van der Waals surface area contributed by atoms with Crippen molar-refractivity contribution >= 4 is 78.8 Å². The van der Waals surface area contributed by atoms with E-state index in [1.807, 2.05) is 58.0 Å². The molecule has 10 heteroatoms. The smallest absolute Gasteiger partial charge is 0.282 e. The molecule has 0 amide bonds. The summed E-state index contributed by atoms with van der Waals surface area (Å²) in [6.45, 7) is 8.61. The molecule has 4 aromatic rings. The SMILES string of the molecule is CCOc1cc(C=Nn2c(C(C)(C)C)nc3ccc(Br)cc3c2=O)cc(I)c1OCc1ccc(Cl)cc1Cl. The number of rotatable bonds is 7. The Kier molecular flexibility index (Phi) is 9.07. The number of aromatic nitrogens is 2. The van der Waals surface area contributed by atoms with E-state index in [1.54, 1.807) is 24.4 Å². The maximum atomic E-state index is 13.5. The minimum absolute atomic E-state index is 0.239. The van der Waals surface area contributed by atoms with Crippen molar-refractivity contribution in [1.29, 1.82) is 0 Å². The highest BCUT2D eigenvalue weighted by Gasteiger charge is 2.23. The van der Waals surface area contributed by atoms with Crippen molar-refractivity contribution in [3.8, 4) is 11.5 Å². The van der Waals surface area contributed by atoms with Crippen molar-refractivity contribution in [3.05, 3.63) is 93.9 Å². The zero-order chi connectivity index (χ0) is 27.6. The summed E-state index contributed by atoms with van der Waals surface area (Å²) in [4.78, 5) is 18.2. The molecule has 0 radical (unpaired) electrons. The molecule has 198 valence electrons. The first-order chi connectivity index (χ1) is 18.0. The third kappa shape index (κ3) is 6.52. The van der Waals surface area contributed by atoms with Crippen LogP contribution < -0.4 is 15.0 Å². The first-order valence-electron chi connectivity index (χ1n) is 11.8. The summed E-state index contributed by atoms with van der Waals surface area (Å²) in [6.07, 6.45) is 1.63. The van der Waals surface area contributed by atoms with Gasteiger partial charge in [0.05, 0.1) is 27.3 Å². The Balaban J connectivity index is 1.73. The average Bonchev–Trinajstić information content (AvgIpc) is 2.84. The van der Waals surface area contributed by atoms with Crippen LogP contribution >= 0.6 is 61.7 Å². The standard InChI is InChI=1S/C28H25BrCl2IN3O3/c1-5-37-24-11-16(10-22(32)25(24)38-15-17-6-8-19(30)13-21(17)31)14-33-35-26(36)20-12-18(29)7-9-23(20)34-27(35)28(2,3)4/h6-14H,5,15H2,1-4H3. The average molecular weight is 729 g/mol. The molecule has 1 heterocycles. The van der Waals surface area contributed by atoms with E-state index in [-0.39, 0.29) is 12.2 Å². The minimum Gasteiger partial charge on any atom is -0.490 e. The first-order valence-corrected chi connectivity index (χ1v) is 14.4. The first kappa shape index (κ1) is 28.9. The summed E-state index contributed by atoms with van der Waals surface area (Å²) in [5, 5.41) is 6.16. The number of benzene rings is 3. The summed E-state index contributed by atoms with van der Waals surface area (Å²) in [6, 6.07) is 14.5. The van der Waals surface area contributed by atoms with Crippen LogP contribution in [0.3, 0.4) is 0 Å². The van der Waals surface area contributed by atoms with Crippen LogP contribution in [0.15, 0.2) is 62.9 Å². The summed E-state index contributed by atoms with van der Waals surface area (Å²) >= 11 is 18.0. The van der Waals surface area contributed by atoms with Gasteiger partial charge in [-0.15, -0.1) is 0 Å². The van der Waals surface area contributed by atoms with Gasteiger partial charge in [-0.1, -0.05) is 66.0 Å². The molecule has 0 unspecified atom stereocenters. The molecular formula is C28H25BrCl2IN3O3. The number of ether oxygens (including phenoxy) is 2. The molecule has 0 aliphatic heterocycles. The fourth-order valence-electron chi connectivity index (χ4n) is 3.72. The highest BCUT2D eigenvalue weighted by Crippen LogP contribution is 2.35. The van der Waals surface area contributed by atoms with Gasteiger partial charge in [0.2, 0.25) is 0 Å². The maximum absolute atomic E-state index is 13.5. The Hall–Kier alpha value is -2.14. The Bertz CT molecular complexity index is 1600. The molecule has 3 aromatic carbocycles. The van der Waals surface area contributed by atoms with Crippen LogP contribution in [0, 0.1) is 3.57 Å². The maximum Gasteiger partial charge on any atom is 0.282 e. The van der Waals surface area contributed by atoms with E-state index in [9.17, 15) is 4.79 Å². The Morgan fingerprint density at radius 3 is 2.55 bits per heavy atom. The Labute approximate surface area is 253 Å². The van der Waals surface area contributed by atoms with Crippen LogP contribution in [0.4, 0.5) is 0 Å². The van der Waals surface area contributed by atoms with E-state index in [0.29, 0.717) is 44.9 Å². The van der Waals surface area contributed by atoms with Gasteiger partial charge in [-0.2, -0.15) is 9.78 Å². The number of fused-ring (bicyclic) bond motifs is 1. The molecule has 0 aliphatic carbocycles. The van der Waals surface area contributed by atoms with Gasteiger partial charge in [0.15, 0.2) is 11.5 Å². The summed E-state index contributed by atoms with van der Waals surface area (Å²) in [5.74, 6) is 1.73. The zero-order valence-electron chi connectivity index (χ0n) is 21.2. The molecule has 0 saturated carbocycles. The predicted octanol–water partition coefficient (Wildman–Crippen LogP) is 8.23. The second kappa shape index (κ2) is 11.9. The van der Waals surface area contributed by atoms with E-state index in [4.69, 9.17) is 37.7 Å². The van der Waals surface area contributed by atoms with Crippen molar-refractivity contribution in [2.75, 3.05) is 6.61 Å². The lowest BCUT2D eigenvalue weighted by Gasteiger charge is -2.21. The lowest BCUT2D eigenvalue weighted by molar-refractivity contribution is 0.267. The van der Waals surface area contributed by atoms with Crippen LogP contribution in [0.1, 0.15) is 44.6 Å². The minimum atomic E-state index is -0.413. The lowest BCUT2D eigenvalue weighted by atomic mass is 9.95. The van der Waals surface area contributed by atoms with Gasteiger partial charge in [-0.05, 0) is 77.5 Å². The van der Waals surface area contributed by atoms with Crippen molar-refractivity contribution in [1.82, 2.24) is 9.66 Å². The molecular weight excluding hydrogens is 704 g/mol. The second-order valence-corrected chi connectivity index (χ2v) is 12.4. The monoisotopic (exact) mass is 727 g/mol. The van der Waals surface area contributed by atoms with Crippen molar-refractivity contribution in [2.24, 2.45) is 5.10 Å². The van der Waals surface area contributed by atoms with Crippen LogP contribution in [-0.4, -0.2) is 22.5 Å². The van der Waals surface area contributed by atoms with Gasteiger partial charge in [0.25, 0.3) is 5.56 Å². The Morgan fingerprint density at radius 2 is 1.87 bits per heavy atom. The Morgan fingerprint density at radius 1 is 1.11 bits per heavy atom. The topological polar surface area (TPSA) is 65.7 Å². The molecule has 0 aliphatic rings. The van der Waals surface area contributed by atoms with Crippen LogP contribution in [0.25, 0.3) is 10.9 Å². The van der Waals surface area contributed by atoms with Gasteiger partial charge < -0.3 is 9.47 Å². The van der Waals surface area contributed by atoms with Gasteiger partial charge in [0.1, 0.15) is 12.4 Å². The molecule has 0 spiro atoms. The largest absolute Gasteiger partial charge is 0.490 e. The lowest BCUT2D eigenvalue weighted by Crippen LogP contribution is -2.29. The van der Waals surface area contributed by atoms with Gasteiger partial charge in [-0.3, -0.25) is 4.79 Å². The molecule has 0 saturated heterocycles. The highest BCUT2D eigenvalue weighted by molar-refractivity contribution is 14.1. The zero-order valence-corrected chi connectivity index (χ0v) is 26.4. The number of nitrogens with zero attached hydrogens (tertiary/aromatic N) is 3. The van der Waals surface area contributed by atoms with Crippen LogP contribution in [0.2, 0.25) is 10.0 Å². The molecule has 0 N–H and O–H groups in total. The quantitative estimate of drug-likeness (QED) is 0.142. The van der Waals surface area contributed by atoms with E-state index in [1.165, 1.54) is 4.68 Å². The summed E-state index contributed by atoms with van der Waals surface area (Å²) < 4.78 is 15.0. The van der Waals surface area contributed by atoms with Crippen LogP contribution in [0.5, 0.6) is 11.5 Å². The van der Waals surface area contributed by atoms with Gasteiger partial charge in [0, 0.05) is 25.5 Å². The highest BCUT2D eigenvalue weighted by atomic mass is 127. The predicted molar refractivity (Wildman–Crippen MR) is 167 cm³/mol. The third-order valence-corrected chi connectivity index (χ3v) is 7.40. The number of hydrogen-bond acceptors (Lipinski definition) is 5. The summed E-state index contributed by atoms with van der Waals surface area (Å²) in [7, 11) is 0. The van der Waals surface area contributed by atoms with Gasteiger partial charge >= 0.3 is 0 Å². The molecule has 4 rings (SSSR count).